The summed E-state index contributed by atoms with van der Waals surface area (Å²) in [5.74, 6) is -0.546. The molecule has 2 rings (SSSR count). The molecule has 0 saturated heterocycles. The number of amides is 1. The van der Waals surface area contributed by atoms with Gasteiger partial charge in [0.15, 0.2) is 0 Å². The molecule has 4 nitrogen and oxygen atoms in total. The van der Waals surface area contributed by atoms with Crippen molar-refractivity contribution in [2.24, 2.45) is 5.92 Å². The monoisotopic (exact) mass is 303 g/mol. The molecule has 1 unspecified atom stereocenters. The highest BCUT2D eigenvalue weighted by Gasteiger charge is 2.29. The van der Waals surface area contributed by atoms with Gasteiger partial charge in [0, 0.05) is 5.92 Å². The largest absolute Gasteiger partial charge is 0.480 e. The smallest absolute Gasteiger partial charge is 0.326 e. The molecule has 0 aromatic heterocycles. The minimum Gasteiger partial charge on any atom is -0.480 e. The van der Waals surface area contributed by atoms with E-state index in [0.29, 0.717) is 12.3 Å². The Labute approximate surface area is 131 Å². The Balaban J connectivity index is 1.85. The zero-order valence-electron chi connectivity index (χ0n) is 13.1. The molecule has 0 aliphatic heterocycles. The first kappa shape index (κ1) is 16.5. The van der Waals surface area contributed by atoms with Gasteiger partial charge in [0.25, 0.3) is 0 Å². The van der Waals surface area contributed by atoms with Crippen molar-refractivity contribution in [1.82, 2.24) is 5.32 Å². The third-order valence-electron chi connectivity index (χ3n) is 4.56. The van der Waals surface area contributed by atoms with Crippen LogP contribution in [0.2, 0.25) is 0 Å². The van der Waals surface area contributed by atoms with Crippen molar-refractivity contribution in [3.05, 3.63) is 35.9 Å². The maximum absolute atomic E-state index is 12.3. The predicted molar refractivity (Wildman–Crippen MR) is 85.6 cm³/mol. The number of nitrogens with one attached hydrogen (secondary N) is 1. The second-order valence-corrected chi connectivity index (χ2v) is 6.15. The second-order valence-electron chi connectivity index (χ2n) is 6.15. The number of carbonyl (C=O) groups excluding carboxylic acids is 1. The molecule has 1 aromatic rings. The lowest BCUT2D eigenvalue weighted by Crippen LogP contribution is -2.44. The van der Waals surface area contributed by atoms with Crippen LogP contribution in [0.15, 0.2) is 30.3 Å². The summed E-state index contributed by atoms with van der Waals surface area (Å²) in [4.78, 5) is 23.4. The summed E-state index contributed by atoms with van der Waals surface area (Å²) in [6.07, 6.45) is 4.90. The first-order chi connectivity index (χ1) is 10.6. The summed E-state index contributed by atoms with van der Waals surface area (Å²) >= 11 is 0. The lowest BCUT2D eigenvalue weighted by molar-refractivity contribution is -0.142. The van der Waals surface area contributed by atoms with Gasteiger partial charge >= 0.3 is 5.97 Å². The lowest BCUT2D eigenvalue weighted by Gasteiger charge is -2.29. The molecule has 1 aromatic carbocycles. The molecule has 0 heterocycles. The highest BCUT2D eigenvalue weighted by atomic mass is 16.4. The molecule has 1 aliphatic carbocycles. The van der Waals surface area contributed by atoms with Crippen molar-refractivity contribution in [2.45, 2.75) is 57.4 Å². The van der Waals surface area contributed by atoms with E-state index in [-0.39, 0.29) is 11.8 Å². The SMILES string of the molecule is CCCC(NC(=O)C1CCC(c2ccccc2)CC1)C(=O)O. The summed E-state index contributed by atoms with van der Waals surface area (Å²) in [5.41, 5.74) is 1.34. The van der Waals surface area contributed by atoms with Crippen LogP contribution in [0.5, 0.6) is 0 Å². The summed E-state index contributed by atoms with van der Waals surface area (Å²) < 4.78 is 0. The van der Waals surface area contributed by atoms with Gasteiger partial charge in [0.05, 0.1) is 0 Å². The van der Waals surface area contributed by atoms with Crippen molar-refractivity contribution in [1.29, 1.82) is 0 Å². The highest BCUT2D eigenvalue weighted by molar-refractivity contribution is 5.85. The molecule has 2 N–H and O–H groups in total. The van der Waals surface area contributed by atoms with Gasteiger partial charge in [0.1, 0.15) is 6.04 Å². The Kier molecular flexibility index (Phi) is 5.99. The Hall–Kier alpha value is -1.84. The number of carboxylic acids is 1. The van der Waals surface area contributed by atoms with Gasteiger partial charge in [-0.15, -0.1) is 0 Å². The van der Waals surface area contributed by atoms with E-state index in [2.05, 4.69) is 29.6 Å². The minimum atomic E-state index is -0.937. The second kappa shape index (κ2) is 7.97. The van der Waals surface area contributed by atoms with Gasteiger partial charge in [-0.2, -0.15) is 0 Å². The molecule has 0 bridgehead atoms. The first-order valence-electron chi connectivity index (χ1n) is 8.20. The molecule has 4 heteroatoms. The van der Waals surface area contributed by atoms with Gasteiger partial charge in [-0.05, 0) is 43.6 Å². The van der Waals surface area contributed by atoms with Gasteiger partial charge in [-0.25, -0.2) is 4.79 Å². The van der Waals surface area contributed by atoms with Gasteiger partial charge in [-0.1, -0.05) is 43.7 Å². The molecular formula is C18H25NO3. The summed E-state index contributed by atoms with van der Waals surface area (Å²) in [7, 11) is 0. The standard InChI is InChI=1S/C18H25NO3/c1-2-6-16(18(21)22)19-17(20)15-11-9-14(10-12-15)13-7-4-3-5-8-13/h3-5,7-8,14-16H,2,6,9-12H2,1H3,(H,19,20)(H,21,22). The van der Waals surface area contributed by atoms with E-state index >= 15 is 0 Å². The van der Waals surface area contributed by atoms with E-state index in [1.807, 2.05) is 13.0 Å². The van der Waals surface area contributed by atoms with Gasteiger partial charge < -0.3 is 10.4 Å². The fourth-order valence-electron chi connectivity index (χ4n) is 3.25. The molecule has 1 fully saturated rings. The zero-order chi connectivity index (χ0) is 15.9. The molecule has 0 spiro atoms. The van der Waals surface area contributed by atoms with Crippen LogP contribution in [-0.2, 0) is 9.59 Å². The zero-order valence-corrected chi connectivity index (χ0v) is 13.1. The van der Waals surface area contributed by atoms with Crippen LogP contribution in [0.3, 0.4) is 0 Å². The minimum absolute atomic E-state index is 0.0429. The Bertz CT molecular complexity index is 492. The number of aliphatic carboxylic acids is 1. The first-order valence-corrected chi connectivity index (χ1v) is 8.20. The number of benzene rings is 1. The average Bonchev–Trinajstić information content (AvgIpc) is 2.55. The maximum atomic E-state index is 12.3. The van der Waals surface area contributed by atoms with E-state index in [9.17, 15) is 9.59 Å². The van der Waals surface area contributed by atoms with E-state index in [4.69, 9.17) is 5.11 Å². The van der Waals surface area contributed by atoms with Crippen molar-refractivity contribution >= 4 is 11.9 Å². The van der Waals surface area contributed by atoms with Crippen LogP contribution in [0.4, 0.5) is 0 Å². The average molecular weight is 303 g/mol. The fraction of sp³-hybridized carbons (Fsp3) is 0.556. The van der Waals surface area contributed by atoms with E-state index in [0.717, 1.165) is 32.1 Å². The van der Waals surface area contributed by atoms with Crippen LogP contribution in [0, 0.1) is 5.92 Å². The third kappa shape index (κ3) is 4.33. The number of rotatable bonds is 6. The number of hydrogen-bond donors (Lipinski definition) is 2. The molecule has 1 aliphatic rings. The van der Waals surface area contributed by atoms with Crippen LogP contribution in [0.25, 0.3) is 0 Å². The summed E-state index contributed by atoms with van der Waals surface area (Å²) in [6.45, 7) is 1.92. The van der Waals surface area contributed by atoms with Crippen LogP contribution in [0.1, 0.15) is 56.9 Å². The number of carbonyl (C=O) groups is 2. The van der Waals surface area contributed by atoms with E-state index in [1.54, 1.807) is 0 Å². The lowest BCUT2D eigenvalue weighted by atomic mass is 9.78. The predicted octanol–water partition coefficient (Wildman–Crippen LogP) is 3.33. The molecule has 1 amide bonds. The third-order valence-corrected chi connectivity index (χ3v) is 4.56. The van der Waals surface area contributed by atoms with Crippen molar-refractivity contribution < 1.29 is 14.7 Å². The summed E-state index contributed by atoms with van der Waals surface area (Å²) in [6, 6.07) is 9.67. The highest BCUT2D eigenvalue weighted by Crippen LogP contribution is 2.35. The normalized spacial score (nSPS) is 22.8. The van der Waals surface area contributed by atoms with E-state index < -0.39 is 12.0 Å². The van der Waals surface area contributed by atoms with Gasteiger partial charge in [-0.3, -0.25) is 4.79 Å². The van der Waals surface area contributed by atoms with Crippen molar-refractivity contribution in [2.75, 3.05) is 0 Å². The maximum Gasteiger partial charge on any atom is 0.326 e. The molecule has 120 valence electrons. The van der Waals surface area contributed by atoms with Gasteiger partial charge in [0.2, 0.25) is 5.91 Å². The topological polar surface area (TPSA) is 66.4 Å². The van der Waals surface area contributed by atoms with Crippen molar-refractivity contribution in [3.8, 4) is 0 Å². The fourth-order valence-corrected chi connectivity index (χ4v) is 3.25. The molecule has 0 radical (unpaired) electrons. The Morgan fingerprint density at radius 1 is 1.18 bits per heavy atom. The van der Waals surface area contributed by atoms with Crippen LogP contribution >= 0.6 is 0 Å². The molecule has 1 atom stereocenters. The molecular weight excluding hydrogens is 278 g/mol. The van der Waals surface area contributed by atoms with E-state index in [1.165, 1.54) is 5.56 Å². The van der Waals surface area contributed by atoms with Crippen LogP contribution < -0.4 is 5.32 Å². The molecule has 22 heavy (non-hydrogen) atoms. The quantitative estimate of drug-likeness (QED) is 0.847. The Morgan fingerprint density at radius 3 is 2.36 bits per heavy atom. The number of carboxylic acid groups (broad SMARTS) is 1. The summed E-state index contributed by atoms with van der Waals surface area (Å²) in [5, 5.41) is 11.8. The van der Waals surface area contributed by atoms with Crippen LogP contribution in [-0.4, -0.2) is 23.0 Å². The number of hydrogen-bond acceptors (Lipinski definition) is 2. The van der Waals surface area contributed by atoms with Crippen molar-refractivity contribution in [3.63, 3.8) is 0 Å². The molecule has 1 saturated carbocycles. The Morgan fingerprint density at radius 2 is 1.82 bits per heavy atom.